The van der Waals surface area contributed by atoms with Gasteiger partial charge in [-0.1, -0.05) is 17.7 Å². The van der Waals surface area contributed by atoms with E-state index in [0.29, 0.717) is 0 Å². The van der Waals surface area contributed by atoms with E-state index in [1.807, 2.05) is 0 Å². The predicted octanol–water partition coefficient (Wildman–Crippen LogP) is 2.77. The van der Waals surface area contributed by atoms with E-state index < -0.39 is 0 Å². The van der Waals surface area contributed by atoms with Gasteiger partial charge in [0.15, 0.2) is 0 Å². The van der Waals surface area contributed by atoms with Crippen LogP contribution in [0.4, 0.5) is 4.39 Å². The lowest BCUT2D eigenvalue weighted by molar-refractivity contribution is 0.626. The Kier molecular flexibility index (Phi) is 3.04. The van der Waals surface area contributed by atoms with Gasteiger partial charge in [0, 0.05) is 6.04 Å². The van der Waals surface area contributed by atoms with Crippen LogP contribution in [0.15, 0.2) is 18.2 Å². The summed E-state index contributed by atoms with van der Waals surface area (Å²) in [6, 6.07) is 5.64. The third-order valence-electron chi connectivity index (χ3n) is 2.41. The molecule has 1 aromatic carbocycles. The SMILES string of the molecule is Fc1ccc(CCNC2CC2)cc1Cl. The summed E-state index contributed by atoms with van der Waals surface area (Å²) in [5.74, 6) is -0.342. The Balaban J connectivity index is 1.85. The molecule has 1 nitrogen and oxygen atoms in total. The molecule has 0 atom stereocenters. The van der Waals surface area contributed by atoms with Gasteiger partial charge >= 0.3 is 0 Å². The molecule has 1 fully saturated rings. The molecule has 1 aromatic rings. The van der Waals surface area contributed by atoms with Crippen molar-refractivity contribution in [1.29, 1.82) is 0 Å². The first kappa shape index (κ1) is 9.94. The molecule has 0 radical (unpaired) electrons. The summed E-state index contributed by atoms with van der Waals surface area (Å²) < 4.78 is 12.8. The van der Waals surface area contributed by atoms with Crippen molar-refractivity contribution in [2.45, 2.75) is 25.3 Å². The van der Waals surface area contributed by atoms with Gasteiger partial charge in [0.2, 0.25) is 0 Å². The standard InChI is InChI=1S/C11H13ClFN/c12-10-7-8(1-4-11(10)13)5-6-14-9-2-3-9/h1,4,7,9,14H,2-3,5-6H2. The Bertz CT molecular complexity index is 323. The van der Waals surface area contributed by atoms with E-state index in [2.05, 4.69) is 5.32 Å². The molecular weight excluding hydrogens is 201 g/mol. The largest absolute Gasteiger partial charge is 0.314 e. The highest BCUT2D eigenvalue weighted by molar-refractivity contribution is 6.30. The topological polar surface area (TPSA) is 12.0 Å². The predicted molar refractivity (Wildman–Crippen MR) is 56.1 cm³/mol. The van der Waals surface area contributed by atoms with Gasteiger partial charge in [-0.2, -0.15) is 0 Å². The van der Waals surface area contributed by atoms with E-state index in [0.717, 1.165) is 24.6 Å². The van der Waals surface area contributed by atoms with Crippen molar-refractivity contribution < 1.29 is 4.39 Å². The fourth-order valence-electron chi connectivity index (χ4n) is 1.40. The molecule has 1 N–H and O–H groups in total. The second-order valence-electron chi connectivity index (χ2n) is 3.73. The molecule has 76 valence electrons. The minimum atomic E-state index is -0.342. The van der Waals surface area contributed by atoms with Gasteiger partial charge in [-0.15, -0.1) is 0 Å². The van der Waals surface area contributed by atoms with E-state index in [4.69, 9.17) is 11.6 Å². The van der Waals surface area contributed by atoms with Crippen LogP contribution >= 0.6 is 11.6 Å². The van der Waals surface area contributed by atoms with Crippen LogP contribution in [0.5, 0.6) is 0 Å². The Hall–Kier alpha value is -0.600. The Morgan fingerprint density at radius 3 is 2.86 bits per heavy atom. The fraction of sp³-hybridized carbons (Fsp3) is 0.455. The van der Waals surface area contributed by atoms with E-state index in [1.54, 1.807) is 12.1 Å². The van der Waals surface area contributed by atoms with Crippen molar-refractivity contribution in [3.8, 4) is 0 Å². The van der Waals surface area contributed by atoms with Crippen LogP contribution in [-0.4, -0.2) is 12.6 Å². The molecule has 0 saturated heterocycles. The number of hydrogen-bond donors (Lipinski definition) is 1. The van der Waals surface area contributed by atoms with Crippen LogP contribution < -0.4 is 5.32 Å². The molecule has 0 heterocycles. The molecule has 0 aliphatic heterocycles. The normalized spacial score (nSPS) is 15.9. The van der Waals surface area contributed by atoms with Gasteiger partial charge in [0.05, 0.1) is 5.02 Å². The number of hydrogen-bond acceptors (Lipinski definition) is 1. The van der Waals surface area contributed by atoms with Gasteiger partial charge in [0.1, 0.15) is 5.82 Å². The molecular formula is C11H13ClFN. The minimum Gasteiger partial charge on any atom is -0.314 e. The molecule has 1 aliphatic rings. The zero-order valence-corrected chi connectivity index (χ0v) is 8.65. The Morgan fingerprint density at radius 1 is 1.43 bits per heavy atom. The maximum absolute atomic E-state index is 12.8. The number of halogens is 2. The van der Waals surface area contributed by atoms with Crippen LogP contribution in [-0.2, 0) is 6.42 Å². The second kappa shape index (κ2) is 4.28. The zero-order chi connectivity index (χ0) is 9.97. The molecule has 0 bridgehead atoms. The summed E-state index contributed by atoms with van der Waals surface area (Å²) in [5, 5.41) is 3.62. The lowest BCUT2D eigenvalue weighted by Gasteiger charge is -2.03. The monoisotopic (exact) mass is 213 g/mol. The van der Waals surface area contributed by atoms with Crippen LogP contribution in [0.2, 0.25) is 5.02 Å². The average Bonchev–Trinajstić information content (AvgIpc) is 2.95. The smallest absolute Gasteiger partial charge is 0.141 e. The zero-order valence-electron chi connectivity index (χ0n) is 7.89. The lowest BCUT2D eigenvalue weighted by Crippen LogP contribution is -2.19. The summed E-state index contributed by atoms with van der Waals surface area (Å²) in [6.07, 6.45) is 3.50. The molecule has 0 spiro atoms. The molecule has 0 aromatic heterocycles. The summed E-state index contributed by atoms with van der Waals surface area (Å²) in [5.41, 5.74) is 1.09. The first-order valence-corrected chi connectivity index (χ1v) is 5.31. The van der Waals surface area contributed by atoms with E-state index in [9.17, 15) is 4.39 Å². The quantitative estimate of drug-likeness (QED) is 0.811. The first-order chi connectivity index (χ1) is 6.75. The molecule has 0 unspecified atom stereocenters. The van der Waals surface area contributed by atoms with Crippen molar-refractivity contribution in [2.24, 2.45) is 0 Å². The summed E-state index contributed by atoms with van der Waals surface area (Å²) in [6.45, 7) is 0.951. The summed E-state index contributed by atoms with van der Waals surface area (Å²) in [4.78, 5) is 0. The van der Waals surface area contributed by atoms with Crippen molar-refractivity contribution in [1.82, 2.24) is 5.32 Å². The summed E-state index contributed by atoms with van der Waals surface area (Å²) in [7, 11) is 0. The van der Waals surface area contributed by atoms with Crippen molar-refractivity contribution in [2.75, 3.05) is 6.54 Å². The molecule has 1 aliphatic carbocycles. The third kappa shape index (κ3) is 2.69. The molecule has 2 rings (SSSR count). The van der Waals surface area contributed by atoms with Crippen molar-refractivity contribution in [3.05, 3.63) is 34.6 Å². The maximum Gasteiger partial charge on any atom is 0.141 e. The number of rotatable bonds is 4. The lowest BCUT2D eigenvalue weighted by atomic mass is 10.1. The van der Waals surface area contributed by atoms with Crippen LogP contribution in [0.1, 0.15) is 18.4 Å². The van der Waals surface area contributed by atoms with Crippen molar-refractivity contribution >= 4 is 11.6 Å². The summed E-state index contributed by atoms with van der Waals surface area (Å²) >= 11 is 5.67. The minimum absolute atomic E-state index is 0.217. The maximum atomic E-state index is 12.8. The average molecular weight is 214 g/mol. The van der Waals surface area contributed by atoms with Crippen LogP contribution in [0.3, 0.4) is 0 Å². The van der Waals surface area contributed by atoms with E-state index in [1.165, 1.54) is 18.9 Å². The number of benzene rings is 1. The molecule has 0 amide bonds. The Morgan fingerprint density at radius 2 is 2.21 bits per heavy atom. The highest BCUT2D eigenvalue weighted by Crippen LogP contribution is 2.19. The fourth-order valence-corrected chi connectivity index (χ4v) is 1.61. The highest BCUT2D eigenvalue weighted by Gasteiger charge is 2.19. The third-order valence-corrected chi connectivity index (χ3v) is 2.70. The highest BCUT2D eigenvalue weighted by atomic mass is 35.5. The second-order valence-corrected chi connectivity index (χ2v) is 4.13. The van der Waals surface area contributed by atoms with Crippen molar-refractivity contribution in [3.63, 3.8) is 0 Å². The van der Waals surface area contributed by atoms with Crippen LogP contribution in [0.25, 0.3) is 0 Å². The van der Waals surface area contributed by atoms with Gasteiger partial charge in [-0.05, 0) is 43.5 Å². The molecule has 14 heavy (non-hydrogen) atoms. The van der Waals surface area contributed by atoms with Gasteiger partial charge in [-0.25, -0.2) is 4.39 Å². The van der Waals surface area contributed by atoms with Gasteiger partial charge in [0.25, 0.3) is 0 Å². The molecule has 1 saturated carbocycles. The van der Waals surface area contributed by atoms with Crippen LogP contribution in [0, 0.1) is 5.82 Å². The molecule has 3 heteroatoms. The number of nitrogens with one attached hydrogen (secondary N) is 1. The Labute approximate surface area is 88.3 Å². The van der Waals surface area contributed by atoms with Gasteiger partial charge < -0.3 is 5.32 Å². The van der Waals surface area contributed by atoms with Gasteiger partial charge in [-0.3, -0.25) is 0 Å². The van der Waals surface area contributed by atoms with E-state index >= 15 is 0 Å². The first-order valence-electron chi connectivity index (χ1n) is 4.93. The van der Waals surface area contributed by atoms with E-state index in [-0.39, 0.29) is 10.8 Å².